The molecule has 0 aliphatic carbocycles. The molecule has 39 heavy (non-hydrogen) atoms. The van der Waals surface area contributed by atoms with E-state index in [1.54, 1.807) is 36.4 Å². The molecule has 0 heterocycles. The Morgan fingerprint density at radius 1 is 0.718 bits per heavy atom. The summed E-state index contributed by atoms with van der Waals surface area (Å²) in [6.07, 6.45) is 1.99. The van der Waals surface area contributed by atoms with Crippen molar-refractivity contribution in [1.29, 1.82) is 0 Å². The van der Waals surface area contributed by atoms with Crippen molar-refractivity contribution in [3.05, 3.63) is 119 Å². The van der Waals surface area contributed by atoms with Crippen molar-refractivity contribution in [3.63, 3.8) is 0 Å². The van der Waals surface area contributed by atoms with Crippen molar-refractivity contribution in [2.75, 3.05) is 5.32 Å². The third-order valence-electron chi connectivity index (χ3n) is 6.96. The highest BCUT2D eigenvalue weighted by Crippen LogP contribution is 2.36. The van der Waals surface area contributed by atoms with Gasteiger partial charge in [0.1, 0.15) is 0 Å². The monoisotopic (exact) mass is 512 g/mol. The first-order valence-corrected chi connectivity index (χ1v) is 12.8. The number of nitrogens with one attached hydrogen (secondary N) is 1. The summed E-state index contributed by atoms with van der Waals surface area (Å²) in [6, 6.07) is 32.5. The number of hydrogen-bond donors (Lipinski definition) is 1. The van der Waals surface area contributed by atoms with E-state index in [-0.39, 0.29) is 11.6 Å². The second-order valence-electron chi connectivity index (χ2n) is 9.50. The number of carbonyl (C=O) groups is 1. The minimum absolute atomic E-state index is 0.00460. The second-order valence-corrected chi connectivity index (χ2v) is 9.50. The zero-order valence-corrected chi connectivity index (χ0v) is 21.0. The molecule has 0 fully saturated rings. The van der Waals surface area contributed by atoms with Gasteiger partial charge in [0.2, 0.25) is 5.91 Å². The maximum absolute atomic E-state index is 12.6. The van der Waals surface area contributed by atoms with Gasteiger partial charge in [0.05, 0.1) is 16.3 Å². The van der Waals surface area contributed by atoms with Gasteiger partial charge in [0.25, 0.3) is 5.69 Å². The van der Waals surface area contributed by atoms with E-state index in [1.807, 2.05) is 0 Å². The van der Waals surface area contributed by atoms with Crippen LogP contribution in [0.2, 0.25) is 0 Å². The number of aryl methyl sites for hydroxylation is 1. The Kier molecular flexibility index (Phi) is 6.39. The van der Waals surface area contributed by atoms with Crippen LogP contribution in [0.15, 0.2) is 113 Å². The van der Waals surface area contributed by atoms with E-state index in [1.165, 1.54) is 50.0 Å². The van der Waals surface area contributed by atoms with Crippen molar-refractivity contribution in [2.45, 2.75) is 19.3 Å². The van der Waals surface area contributed by atoms with Crippen LogP contribution in [0.4, 0.5) is 22.7 Å². The predicted molar refractivity (Wildman–Crippen MR) is 155 cm³/mol. The van der Waals surface area contributed by atoms with Crippen LogP contribution in [0.5, 0.6) is 0 Å². The third kappa shape index (κ3) is 5.02. The highest BCUT2D eigenvalue weighted by atomic mass is 16.6. The van der Waals surface area contributed by atoms with Crippen molar-refractivity contribution in [1.82, 2.24) is 0 Å². The topological polar surface area (TPSA) is 97.0 Å². The lowest BCUT2D eigenvalue weighted by molar-refractivity contribution is -0.384. The molecule has 0 aliphatic rings. The molecule has 190 valence electrons. The van der Waals surface area contributed by atoms with Crippen LogP contribution in [0.25, 0.3) is 32.3 Å². The molecule has 0 unspecified atom stereocenters. The Hall–Kier alpha value is -5.17. The van der Waals surface area contributed by atoms with E-state index in [9.17, 15) is 14.9 Å². The fourth-order valence-electron chi connectivity index (χ4n) is 5.04. The van der Waals surface area contributed by atoms with Gasteiger partial charge < -0.3 is 5.32 Å². The molecule has 1 amide bonds. The lowest BCUT2D eigenvalue weighted by atomic mass is 9.90. The molecule has 0 aliphatic heterocycles. The summed E-state index contributed by atoms with van der Waals surface area (Å²) in [6.45, 7) is 0. The molecule has 6 rings (SSSR count). The van der Waals surface area contributed by atoms with Crippen LogP contribution < -0.4 is 5.32 Å². The van der Waals surface area contributed by atoms with Crippen LogP contribution >= 0.6 is 0 Å². The molecule has 0 radical (unpaired) electrons. The number of rotatable bonds is 8. The van der Waals surface area contributed by atoms with Gasteiger partial charge in [-0.05, 0) is 87.1 Å². The highest BCUT2D eigenvalue weighted by Gasteiger charge is 2.11. The molecule has 1 N–H and O–H groups in total. The lowest BCUT2D eigenvalue weighted by Gasteiger charge is -2.14. The van der Waals surface area contributed by atoms with E-state index in [0.717, 1.165) is 12.8 Å². The van der Waals surface area contributed by atoms with E-state index < -0.39 is 4.92 Å². The molecule has 0 bridgehead atoms. The van der Waals surface area contributed by atoms with Gasteiger partial charge in [-0.2, -0.15) is 10.2 Å². The molecule has 0 saturated carbocycles. The minimum atomic E-state index is -0.458. The molecule has 0 atom stereocenters. The molecule has 0 spiro atoms. The number of anilines is 1. The Morgan fingerprint density at radius 3 is 1.97 bits per heavy atom. The summed E-state index contributed by atoms with van der Waals surface area (Å²) < 4.78 is 0. The van der Waals surface area contributed by atoms with Gasteiger partial charge in [-0.25, -0.2) is 0 Å². The van der Waals surface area contributed by atoms with Crippen molar-refractivity contribution in [2.24, 2.45) is 10.2 Å². The van der Waals surface area contributed by atoms with Gasteiger partial charge >= 0.3 is 0 Å². The highest BCUT2D eigenvalue weighted by molar-refractivity contribution is 6.23. The van der Waals surface area contributed by atoms with Crippen molar-refractivity contribution < 1.29 is 9.72 Å². The zero-order valence-electron chi connectivity index (χ0n) is 21.0. The quantitative estimate of drug-likeness (QED) is 0.0954. The normalized spacial score (nSPS) is 11.6. The van der Waals surface area contributed by atoms with Crippen LogP contribution in [0.1, 0.15) is 18.4 Å². The maximum Gasteiger partial charge on any atom is 0.269 e. The van der Waals surface area contributed by atoms with Crippen LogP contribution in [-0.2, 0) is 11.2 Å². The summed E-state index contributed by atoms with van der Waals surface area (Å²) in [5.41, 5.74) is 3.08. The lowest BCUT2D eigenvalue weighted by Crippen LogP contribution is -2.11. The molecule has 0 aromatic heterocycles. The predicted octanol–water partition coefficient (Wildman–Crippen LogP) is 8.87. The molecule has 6 aromatic rings. The van der Waals surface area contributed by atoms with Crippen molar-refractivity contribution in [3.8, 4) is 0 Å². The number of amides is 1. The standard InChI is InChI=1S/C32H24N4O3/c37-30(33-25-12-14-26(15-13-25)34-35-27-16-18-28(19-17-27)36(38)39)6-2-3-21-7-8-24-10-9-22-4-1-5-23-11-20-29(21)32(24)31(22)23/h1,4-5,7-20H,2-3,6H2,(H,33,37). The summed E-state index contributed by atoms with van der Waals surface area (Å²) in [5, 5.41) is 29.6. The summed E-state index contributed by atoms with van der Waals surface area (Å²) >= 11 is 0. The Balaban J connectivity index is 1.07. The molecular formula is C32H24N4O3. The average molecular weight is 513 g/mol. The van der Waals surface area contributed by atoms with Gasteiger partial charge in [-0.15, -0.1) is 0 Å². The first-order chi connectivity index (χ1) is 19.0. The van der Waals surface area contributed by atoms with Gasteiger partial charge in [0.15, 0.2) is 0 Å². The van der Waals surface area contributed by atoms with Crippen molar-refractivity contribution >= 4 is 61.0 Å². The summed E-state index contributed by atoms with van der Waals surface area (Å²) in [5.74, 6) is -0.0343. The SMILES string of the molecule is O=C(CCCc1ccc2ccc3cccc4ccc1c2c34)Nc1ccc(N=Nc2ccc([N+](=O)[O-])cc2)cc1. The number of nitro benzene ring substituents is 1. The fraction of sp³-hybridized carbons (Fsp3) is 0.0938. The molecule has 6 aromatic carbocycles. The number of hydrogen-bond acceptors (Lipinski definition) is 5. The van der Waals surface area contributed by atoms with Crippen LogP contribution in [0.3, 0.4) is 0 Å². The van der Waals surface area contributed by atoms with E-state index in [2.05, 4.69) is 70.1 Å². The summed E-state index contributed by atoms with van der Waals surface area (Å²) in [7, 11) is 0. The molecule has 7 nitrogen and oxygen atoms in total. The van der Waals surface area contributed by atoms with Gasteiger partial charge in [-0.1, -0.05) is 54.6 Å². The Bertz CT molecular complexity index is 1830. The Morgan fingerprint density at radius 2 is 1.31 bits per heavy atom. The van der Waals surface area contributed by atoms with E-state index in [0.29, 0.717) is 23.5 Å². The van der Waals surface area contributed by atoms with Gasteiger partial charge in [0, 0.05) is 24.2 Å². The van der Waals surface area contributed by atoms with Crippen LogP contribution in [-0.4, -0.2) is 10.8 Å². The minimum Gasteiger partial charge on any atom is -0.326 e. The Labute approximate surface area is 224 Å². The number of non-ortho nitro benzene ring substituents is 1. The second kappa shape index (κ2) is 10.3. The number of azo groups is 1. The smallest absolute Gasteiger partial charge is 0.269 e. The molecule has 7 heteroatoms. The first kappa shape index (κ1) is 24.2. The van der Waals surface area contributed by atoms with E-state index in [4.69, 9.17) is 0 Å². The number of carbonyl (C=O) groups excluding carboxylic acids is 1. The fourth-order valence-corrected chi connectivity index (χ4v) is 5.04. The number of nitrogens with zero attached hydrogens (tertiary/aromatic N) is 3. The largest absolute Gasteiger partial charge is 0.326 e. The average Bonchev–Trinajstić information content (AvgIpc) is 2.96. The first-order valence-electron chi connectivity index (χ1n) is 12.8. The zero-order chi connectivity index (χ0) is 26.8. The molecular weight excluding hydrogens is 488 g/mol. The number of nitro groups is 1. The number of benzene rings is 6. The van der Waals surface area contributed by atoms with Crippen LogP contribution in [0, 0.1) is 10.1 Å². The molecule has 0 saturated heterocycles. The third-order valence-corrected chi connectivity index (χ3v) is 6.96. The van der Waals surface area contributed by atoms with E-state index >= 15 is 0 Å². The maximum atomic E-state index is 12.6. The summed E-state index contributed by atoms with van der Waals surface area (Å²) in [4.78, 5) is 22.9. The van der Waals surface area contributed by atoms with Gasteiger partial charge in [-0.3, -0.25) is 14.9 Å².